The number of hydrogen-bond donors (Lipinski definition) is 1. The van der Waals surface area contributed by atoms with Gasteiger partial charge in [0.15, 0.2) is 5.43 Å². The first kappa shape index (κ1) is 22.8. The summed E-state index contributed by atoms with van der Waals surface area (Å²) < 4.78 is 19.5. The fourth-order valence-electron chi connectivity index (χ4n) is 5.18. The van der Waals surface area contributed by atoms with Gasteiger partial charge in [-0.3, -0.25) is 4.79 Å². The third-order valence-electron chi connectivity index (χ3n) is 6.75. The van der Waals surface area contributed by atoms with Crippen LogP contribution in [0.3, 0.4) is 0 Å². The first-order chi connectivity index (χ1) is 16.3. The van der Waals surface area contributed by atoms with Crippen LogP contribution in [0.15, 0.2) is 46.0 Å². The van der Waals surface area contributed by atoms with E-state index in [1.807, 2.05) is 29.9 Å². The standard InChI is InChI=1S/C26H27NO6S/c1-26(2)24-20(13-33-26)17-10-23(32-7-4-6-31-3)16(15-5-8-34-14-15)9-18(17)21-11-22(28)19(25(29)30)12-27(21)24/h5,8-12,14,20,24H,4,6-7,13H2,1-3H3,(H,29,30)/t20-,24+/m1/s1. The highest BCUT2D eigenvalue weighted by atomic mass is 32.1. The molecule has 7 nitrogen and oxygen atoms in total. The number of hydrogen-bond acceptors (Lipinski definition) is 6. The number of fused-ring (bicyclic) bond motifs is 6. The number of aromatic carboxylic acids is 1. The molecule has 178 valence electrons. The minimum atomic E-state index is -1.22. The second kappa shape index (κ2) is 8.69. The molecule has 2 aliphatic rings. The smallest absolute Gasteiger partial charge is 0.341 e. The van der Waals surface area contributed by atoms with Gasteiger partial charge in [-0.15, -0.1) is 0 Å². The average Bonchev–Trinajstić information content (AvgIpc) is 3.44. The summed E-state index contributed by atoms with van der Waals surface area (Å²) in [5.41, 5.74) is 3.37. The molecule has 0 bridgehead atoms. The molecule has 34 heavy (non-hydrogen) atoms. The number of ether oxygens (including phenoxy) is 3. The number of thiophene rings is 1. The van der Waals surface area contributed by atoms with Gasteiger partial charge in [-0.05, 0) is 53.9 Å². The van der Waals surface area contributed by atoms with Crippen LogP contribution in [-0.4, -0.2) is 48.2 Å². The van der Waals surface area contributed by atoms with Crippen molar-refractivity contribution in [1.29, 1.82) is 0 Å². The van der Waals surface area contributed by atoms with Crippen LogP contribution in [0, 0.1) is 0 Å². The second-order valence-electron chi connectivity index (χ2n) is 9.26. The number of nitrogens with zero attached hydrogens (tertiary/aromatic N) is 1. The Balaban J connectivity index is 1.72. The van der Waals surface area contributed by atoms with Crippen molar-refractivity contribution in [1.82, 2.24) is 4.57 Å². The maximum absolute atomic E-state index is 12.7. The molecule has 5 rings (SSSR count). The fourth-order valence-corrected chi connectivity index (χ4v) is 5.84. The molecule has 1 aromatic carbocycles. The second-order valence-corrected chi connectivity index (χ2v) is 10.0. The van der Waals surface area contributed by atoms with Crippen molar-refractivity contribution < 1.29 is 24.1 Å². The molecule has 1 fully saturated rings. The summed E-state index contributed by atoms with van der Waals surface area (Å²) >= 11 is 1.60. The number of carboxylic acids is 1. The van der Waals surface area contributed by atoms with Crippen molar-refractivity contribution in [3.63, 3.8) is 0 Å². The van der Waals surface area contributed by atoms with Gasteiger partial charge in [0, 0.05) is 49.4 Å². The highest BCUT2D eigenvalue weighted by Gasteiger charge is 2.49. The van der Waals surface area contributed by atoms with Crippen molar-refractivity contribution in [3.8, 4) is 28.1 Å². The van der Waals surface area contributed by atoms with Crippen molar-refractivity contribution in [3.05, 3.63) is 62.6 Å². The van der Waals surface area contributed by atoms with Crippen LogP contribution in [0.25, 0.3) is 22.4 Å². The Hall–Kier alpha value is -2.94. The van der Waals surface area contributed by atoms with Gasteiger partial charge >= 0.3 is 5.97 Å². The third-order valence-corrected chi connectivity index (χ3v) is 7.43. The molecule has 8 heteroatoms. The molecule has 0 aliphatic carbocycles. The largest absolute Gasteiger partial charge is 0.493 e. The van der Waals surface area contributed by atoms with E-state index < -0.39 is 17.0 Å². The van der Waals surface area contributed by atoms with Crippen LogP contribution in [0.2, 0.25) is 0 Å². The lowest BCUT2D eigenvalue weighted by Crippen LogP contribution is -2.36. The van der Waals surface area contributed by atoms with Gasteiger partial charge in [0.1, 0.15) is 11.3 Å². The maximum atomic E-state index is 12.7. The number of carbonyl (C=O) groups is 1. The summed E-state index contributed by atoms with van der Waals surface area (Å²) in [6.07, 6.45) is 2.26. The molecule has 4 heterocycles. The van der Waals surface area contributed by atoms with E-state index in [1.54, 1.807) is 18.4 Å². The highest BCUT2D eigenvalue weighted by Crippen LogP contribution is 2.54. The van der Waals surface area contributed by atoms with Crippen molar-refractivity contribution in [2.75, 3.05) is 26.9 Å². The van der Waals surface area contributed by atoms with E-state index in [0.29, 0.717) is 25.5 Å². The first-order valence-electron chi connectivity index (χ1n) is 11.3. The molecular formula is C26H27NO6S. The Kier molecular flexibility index (Phi) is 5.83. The number of aromatic nitrogens is 1. The Morgan fingerprint density at radius 1 is 1.26 bits per heavy atom. The number of rotatable bonds is 7. The summed E-state index contributed by atoms with van der Waals surface area (Å²) in [5, 5.41) is 13.7. The lowest BCUT2D eigenvalue weighted by atomic mass is 9.78. The number of benzene rings is 1. The van der Waals surface area contributed by atoms with E-state index in [2.05, 4.69) is 17.5 Å². The number of methoxy groups -OCH3 is 1. The normalized spacial score (nSPS) is 19.9. The summed E-state index contributed by atoms with van der Waals surface area (Å²) in [5.74, 6) is -0.438. The predicted octanol–water partition coefficient (Wildman–Crippen LogP) is 4.80. The molecule has 1 saturated heterocycles. The zero-order valence-electron chi connectivity index (χ0n) is 19.4. The molecule has 0 saturated carbocycles. The van der Waals surface area contributed by atoms with E-state index in [-0.39, 0.29) is 17.5 Å². The minimum absolute atomic E-state index is 0.000466. The van der Waals surface area contributed by atoms with E-state index in [9.17, 15) is 14.7 Å². The molecule has 2 aliphatic heterocycles. The third kappa shape index (κ3) is 3.76. The van der Waals surface area contributed by atoms with Gasteiger partial charge in [0.25, 0.3) is 0 Å². The van der Waals surface area contributed by atoms with Crippen molar-refractivity contribution in [2.45, 2.75) is 37.8 Å². The quantitative estimate of drug-likeness (QED) is 0.488. The first-order valence-corrected chi connectivity index (χ1v) is 12.2. The summed E-state index contributed by atoms with van der Waals surface area (Å²) in [4.78, 5) is 24.5. The highest BCUT2D eigenvalue weighted by molar-refractivity contribution is 7.08. The Labute approximate surface area is 201 Å². The van der Waals surface area contributed by atoms with Crippen molar-refractivity contribution >= 4 is 17.3 Å². The number of carboxylic acid groups (broad SMARTS) is 1. The molecule has 3 aromatic rings. The van der Waals surface area contributed by atoms with E-state index in [1.165, 1.54) is 12.3 Å². The molecule has 0 radical (unpaired) electrons. The molecule has 0 spiro atoms. The van der Waals surface area contributed by atoms with Crippen LogP contribution >= 0.6 is 11.3 Å². The monoisotopic (exact) mass is 481 g/mol. The van der Waals surface area contributed by atoms with Crippen LogP contribution in [-0.2, 0) is 9.47 Å². The summed E-state index contributed by atoms with van der Waals surface area (Å²) in [6.45, 7) is 5.66. The van der Waals surface area contributed by atoms with Gasteiger partial charge in [-0.2, -0.15) is 11.3 Å². The molecule has 2 atom stereocenters. The predicted molar refractivity (Wildman–Crippen MR) is 130 cm³/mol. The van der Waals surface area contributed by atoms with Gasteiger partial charge in [-0.1, -0.05) is 0 Å². The fraction of sp³-hybridized carbons (Fsp3) is 0.385. The Bertz CT molecular complexity index is 1290. The van der Waals surface area contributed by atoms with Gasteiger partial charge < -0.3 is 23.9 Å². The van der Waals surface area contributed by atoms with Gasteiger partial charge in [-0.25, -0.2) is 4.79 Å². The van der Waals surface area contributed by atoms with Crippen molar-refractivity contribution in [2.24, 2.45) is 0 Å². The van der Waals surface area contributed by atoms with E-state index in [4.69, 9.17) is 14.2 Å². The summed E-state index contributed by atoms with van der Waals surface area (Å²) in [7, 11) is 1.67. The van der Waals surface area contributed by atoms with E-state index in [0.717, 1.165) is 34.4 Å². The molecule has 1 N–H and O–H groups in total. The zero-order chi connectivity index (χ0) is 24.0. The average molecular weight is 482 g/mol. The van der Waals surface area contributed by atoms with Crippen LogP contribution < -0.4 is 10.2 Å². The number of pyridine rings is 1. The Morgan fingerprint density at radius 2 is 2.09 bits per heavy atom. The molecular weight excluding hydrogens is 454 g/mol. The van der Waals surface area contributed by atoms with Gasteiger partial charge in [0.05, 0.1) is 30.6 Å². The lowest BCUT2D eigenvalue weighted by molar-refractivity contribution is 0.0145. The Morgan fingerprint density at radius 3 is 2.79 bits per heavy atom. The molecule has 2 aromatic heterocycles. The topological polar surface area (TPSA) is 87.0 Å². The minimum Gasteiger partial charge on any atom is -0.493 e. The van der Waals surface area contributed by atoms with Crippen LogP contribution in [0.4, 0.5) is 0 Å². The lowest BCUT2D eigenvalue weighted by Gasteiger charge is -2.38. The van der Waals surface area contributed by atoms with Crippen LogP contribution in [0.5, 0.6) is 5.75 Å². The van der Waals surface area contributed by atoms with E-state index >= 15 is 0 Å². The summed E-state index contributed by atoms with van der Waals surface area (Å²) in [6, 6.07) is 7.49. The van der Waals surface area contributed by atoms with Gasteiger partial charge in [0.2, 0.25) is 0 Å². The molecule has 0 unspecified atom stereocenters. The SMILES string of the molecule is COCCCOc1cc2c(cc1-c1ccsc1)-c1cc(=O)c(C(=O)O)cn1[C@H]1[C@@H]2COC1(C)C. The molecule has 0 amide bonds. The zero-order valence-corrected chi connectivity index (χ0v) is 20.2. The maximum Gasteiger partial charge on any atom is 0.341 e. The van der Waals surface area contributed by atoms with Crippen LogP contribution in [0.1, 0.15) is 48.1 Å².